The van der Waals surface area contributed by atoms with E-state index in [2.05, 4.69) is 5.32 Å². The first kappa shape index (κ1) is 22.2. The number of nitrogens with one attached hydrogen (secondary N) is 1. The van der Waals surface area contributed by atoms with Gasteiger partial charge in [0.2, 0.25) is 11.8 Å². The van der Waals surface area contributed by atoms with E-state index in [0.717, 1.165) is 17.7 Å². The van der Waals surface area contributed by atoms with Crippen LogP contribution in [0, 0.1) is 5.92 Å². The quantitative estimate of drug-likeness (QED) is 0.700. The lowest BCUT2D eigenvalue weighted by Gasteiger charge is -2.31. The molecule has 0 atom stereocenters. The molecule has 1 N–H and O–H groups in total. The van der Waals surface area contributed by atoms with Gasteiger partial charge in [-0.3, -0.25) is 9.59 Å². The third-order valence-corrected chi connectivity index (χ3v) is 5.56. The maximum atomic E-state index is 13.0. The van der Waals surface area contributed by atoms with Crippen molar-refractivity contribution in [3.8, 4) is 0 Å². The lowest BCUT2D eigenvalue weighted by Crippen LogP contribution is -2.41. The Morgan fingerprint density at radius 1 is 1.07 bits per heavy atom. The van der Waals surface area contributed by atoms with Gasteiger partial charge in [0.05, 0.1) is 10.6 Å². The first-order chi connectivity index (χ1) is 14.2. The number of rotatable bonds is 5. The first-order valence-electron chi connectivity index (χ1n) is 9.73. The van der Waals surface area contributed by atoms with Crippen molar-refractivity contribution < 1.29 is 22.8 Å². The molecule has 0 unspecified atom stereocenters. The van der Waals surface area contributed by atoms with E-state index in [1.807, 2.05) is 30.3 Å². The van der Waals surface area contributed by atoms with Crippen LogP contribution in [0.25, 0.3) is 0 Å². The molecule has 2 aromatic carbocycles. The molecule has 0 bridgehead atoms. The molecule has 160 valence electrons. The molecule has 1 fully saturated rings. The highest BCUT2D eigenvalue weighted by Crippen LogP contribution is 2.36. The van der Waals surface area contributed by atoms with Crippen LogP contribution in [0.3, 0.4) is 0 Å². The highest BCUT2D eigenvalue weighted by atomic mass is 35.5. The van der Waals surface area contributed by atoms with Crippen LogP contribution in [-0.2, 0) is 22.2 Å². The number of amides is 2. The number of likely N-dealkylation sites (tertiary alicyclic amines) is 1. The number of aryl methyl sites for hydroxylation is 1. The molecule has 0 aliphatic carbocycles. The molecule has 30 heavy (non-hydrogen) atoms. The maximum Gasteiger partial charge on any atom is 0.417 e. The summed E-state index contributed by atoms with van der Waals surface area (Å²) in [5.74, 6) is -0.653. The number of halogens is 4. The predicted molar refractivity (Wildman–Crippen MR) is 109 cm³/mol. The summed E-state index contributed by atoms with van der Waals surface area (Å²) < 4.78 is 38.9. The number of anilines is 1. The molecule has 0 spiro atoms. The Labute approximate surface area is 178 Å². The van der Waals surface area contributed by atoms with E-state index in [-0.39, 0.29) is 23.4 Å². The van der Waals surface area contributed by atoms with Crippen molar-refractivity contribution in [2.45, 2.75) is 31.9 Å². The number of nitrogens with zero attached hydrogens (tertiary/aromatic N) is 1. The van der Waals surface area contributed by atoms with E-state index in [0.29, 0.717) is 38.8 Å². The van der Waals surface area contributed by atoms with Gasteiger partial charge >= 0.3 is 6.18 Å². The van der Waals surface area contributed by atoms with E-state index in [1.54, 1.807) is 4.90 Å². The lowest BCUT2D eigenvalue weighted by atomic mass is 9.95. The molecule has 1 aliphatic rings. The smallest absolute Gasteiger partial charge is 0.343 e. The molecule has 1 heterocycles. The van der Waals surface area contributed by atoms with Crippen LogP contribution in [0.15, 0.2) is 48.5 Å². The van der Waals surface area contributed by atoms with Crippen LogP contribution >= 0.6 is 11.6 Å². The van der Waals surface area contributed by atoms with E-state index in [4.69, 9.17) is 11.6 Å². The van der Waals surface area contributed by atoms with Crippen molar-refractivity contribution in [3.63, 3.8) is 0 Å². The average molecular weight is 439 g/mol. The minimum Gasteiger partial charge on any atom is -0.343 e. The summed E-state index contributed by atoms with van der Waals surface area (Å²) in [7, 11) is 0. The number of alkyl halides is 3. The monoisotopic (exact) mass is 438 g/mol. The zero-order valence-electron chi connectivity index (χ0n) is 16.2. The minimum atomic E-state index is -4.59. The highest BCUT2D eigenvalue weighted by molar-refractivity contribution is 6.31. The van der Waals surface area contributed by atoms with E-state index >= 15 is 0 Å². The largest absolute Gasteiger partial charge is 0.417 e. The zero-order chi connectivity index (χ0) is 21.7. The fourth-order valence-corrected chi connectivity index (χ4v) is 3.73. The van der Waals surface area contributed by atoms with Crippen molar-refractivity contribution in [1.29, 1.82) is 0 Å². The fourth-order valence-electron chi connectivity index (χ4n) is 3.51. The summed E-state index contributed by atoms with van der Waals surface area (Å²) in [6.07, 6.45) is -2.57. The van der Waals surface area contributed by atoms with Gasteiger partial charge in [0.25, 0.3) is 0 Å². The van der Waals surface area contributed by atoms with Gasteiger partial charge in [0.15, 0.2) is 0 Å². The Balaban J connectivity index is 1.50. The number of carbonyl (C=O) groups excluding carboxylic acids is 2. The van der Waals surface area contributed by atoms with Gasteiger partial charge in [-0.1, -0.05) is 41.9 Å². The number of hydrogen-bond acceptors (Lipinski definition) is 2. The molecule has 2 aromatic rings. The van der Waals surface area contributed by atoms with Gasteiger partial charge in [-0.25, -0.2) is 0 Å². The number of carbonyl (C=O) groups is 2. The highest BCUT2D eigenvalue weighted by Gasteiger charge is 2.34. The third kappa shape index (κ3) is 5.75. The van der Waals surface area contributed by atoms with Crippen molar-refractivity contribution in [1.82, 2.24) is 4.90 Å². The van der Waals surface area contributed by atoms with Gasteiger partial charge < -0.3 is 10.2 Å². The second-order valence-corrected chi connectivity index (χ2v) is 7.73. The normalized spacial score (nSPS) is 15.1. The topological polar surface area (TPSA) is 49.4 Å². The minimum absolute atomic E-state index is 0.0465. The van der Waals surface area contributed by atoms with Gasteiger partial charge in [-0.2, -0.15) is 13.2 Å². The summed E-state index contributed by atoms with van der Waals surface area (Å²) in [5.41, 5.74) is 0.167. The van der Waals surface area contributed by atoms with E-state index in [1.165, 1.54) is 6.07 Å². The molecule has 0 aromatic heterocycles. The molecule has 2 amide bonds. The van der Waals surface area contributed by atoms with Gasteiger partial charge in [-0.05, 0) is 43.0 Å². The lowest BCUT2D eigenvalue weighted by molar-refractivity contribution is -0.137. The molecule has 8 heteroatoms. The summed E-state index contributed by atoms with van der Waals surface area (Å²) in [5, 5.41) is 2.13. The predicted octanol–water partition coefficient (Wildman–Crippen LogP) is 5.17. The van der Waals surface area contributed by atoms with Crippen LogP contribution < -0.4 is 5.32 Å². The molecule has 3 rings (SSSR count). The molecule has 1 aliphatic heterocycles. The van der Waals surface area contributed by atoms with Gasteiger partial charge in [0, 0.05) is 31.1 Å². The standard InChI is InChI=1S/C22H22ClF3N2O2/c23-19-8-7-17(14-18(19)22(24,25)26)27-21(30)16-10-12-28(13-11-16)20(29)9-6-15-4-2-1-3-5-15/h1-5,7-8,14,16H,6,9-13H2,(H,27,30). The van der Waals surface area contributed by atoms with Crippen LogP contribution in [-0.4, -0.2) is 29.8 Å². The molecule has 1 saturated heterocycles. The molecular formula is C22H22ClF3N2O2. The van der Waals surface area contributed by atoms with Crippen LogP contribution in [0.4, 0.5) is 18.9 Å². The Hall–Kier alpha value is -2.54. The summed E-state index contributed by atoms with van der Waals surface area (Å²) in [4.78, 5) is 26.6. The summed E-state index contributed by atoms with van der Waals surface area (Å²) >= 11 is 5.61. The molecule has 4 nitrogen and oxygen atoms in total. The number of benzene rings is 2. The Morgan fingerprint density at radius 3 is 2.37 bits per heavy atom. The maximum absolute atomic E-state index is 13.0. The molecule has 0 radical (unpaired) electrons. The summed E-state index contributed by atoms with van der Waals surface area (Å²) in [6, 6.07) is 13.0. The SMILES string of the molecule is O=C(Nc1ccc(Cl)c(C(F)(F)F)c1)C1CCN(C(=O)CCc2ccccc2)CC1. The second-order valence-electron chi connectivity index (χ2n) is 7.32. The third-order valence-electron chi connectivity index (χ3n) is 5.23. The number of hydrogen-bond donors (Lipinski definition) is 1. The van der Waals surface area contributed by atoms with Crippen LogP contribution in [0.2, 0.25) is 5.02 Å². The van der Waals surface area contributed by atoms with Crippen LogP contribution in [0.5, 0.6) is 0 Å². The van der Waals surface area contributed by atoms with Gasteiger partial charge in [0.1, 0.15) is 0 Å². The Kier molecular flexibility index (Phi) is 7.02. The average Bonchev–Trinajstić information content (AvgIpc) is 2.73. The zero-order valence-corrected chi connectivity index (χ0v) is 17.0. The van der Waals surface area contributed by atoms with Crippen molar-refractivity contribution in [2.75, 3.05) is 18.4 Å². The van der Waals surface area contributed by atoms with E-state index in [9.17, 15) is 22.8 Å². The Morgan fingerprint density at radius 2 is 1.73 bits per heavy atom. The second kappa shape index (κ2) is 9.51. The van der Waals surface area contributed by atoms with Crippen molar-refractivity contribution >= 4 is 29.1 Å². The fraction of sp³-hybridized carbons (Fsp3) is 0.364. The number of piperidine rings is 1. The first-order valence-corrected chi connectivity index (χ1v) is 10.1. The van der Waals surface area contributed by atoms with Crippen molar-refractivity contribution in [2.24, 2.45) is 5.92 Å². The van der Waals surface area contributed by atoms with Crippen molar-refractivity contribution in [3.05, 3.63) is 64.7 Å². The Bertz CT molecular complexity index is 895. The molecule has 0 saturated carbocycles. The van der Waals surface area contributed by atoms with Gasteiger partial charge in [-0.15, -0.1) is 0 Å². The molecular weight excluding hydrogens is 417 g/mol. The summed E-state index contributed by atoms with van der Waals surface area (Å²) in [6.45, 7) is 0.917. The van der Waals surface area contributed by atoms with Crippen LogP contribution in [0.1, 0.15) is 30.4 Å². The van der Waals surface area contributed by atoms with E-state index < -0.39 is 16.8 Å².